The summed E-state index contributed by atoms with van der Waals surface area (Å²) in [5, 5.41) is 6.55. The summed E-state index contributed by atoms with van der Waals surface area (Å²) in [7, 11) is 3.80. The van der Waals surface area contributed by atoms with Gasteiger partial charge in [0.05, 0.1) is 11.0 Å². The Morgan fingerprint density at radius 3 is 2.03 bits per heavy atom. The Morgan fingerprint density at radius 1 is 0.783 bits per heavy atom. The number of carbonyl (C=O) groups is 1. The number of alkyl halides is 1. The molecule has 0 spiro atoms. The smallest absolute Gasteiger partial charge is 0.410 e. The zero-order valence-electron chi connectivity index (χ0n) is 34.6. The molecule has 0 unspecified atom stereocenters. The molecule has 4 aromatic carbocycles. The highest BCUT2D eigenvalue weighted by Crippen LogP contribution is 2.44. The first-order chi connectivity index (χ1) is 29.1. The molecule has 11 heteroatoms. The van der Waals surface area contributed by atoms with Crippen LogP contribution in [-0.4, -0.2) is 73.5 Å². The molecule has 10 nitrogen and oxygen atoms in total. The predicted molar refractivity (Wildman–Crippen MR) is 241 cm³/mol. The summed E-state index contributed by atoms with van der Waals surface area (Å²) in [6, 6.07) is 42.2. The van der Waals surface area contributed by atoms with Crippen molar-refractivity contribution in [2.45, 2.75) is 50.6 Å². The van der Waals surface area contributed by atoms with Crippen LogP contribution in [0, 0.1) is 0 Å². The molecule has 0 aliphatic carbocycles. The van der Waals surface area contributed by atoms with Gasteiger partial charge in [0.25, 0.3) is 0 Å². The third kappa shape index (κ3) is 7.95. The predicted octanol–water partition coefficient (Wildman–Crippen LogP) is 10.7. The number of nitrogens with zero attached hydrogens (tertiary/aromatic N) is 7. The Kier molecular flexibility index (Phi) is 11.4. The third-order valence-electron chi connectivity index (χ3n) is 10.8. The number of imidazole rings is 1. The molecular weight excluding hydrogens is 768 g/mol. The fourth-order valence-corrected chi connectivity index (χ4v) is 8.05. The molecule has 60 heavy (non-hydrogen) atoms. The van der Waals surface area contributed by atoms with Gasteiger partial charge in [-0.15, -0.1) is 11.6 Å². The average Bonchev–Trinajstić information content (AvgIpc) is 3.88. The number of amides is 1. The van der Waals surface area contributed by atoms with Crippen LogP contribution < -0.4 is 4.90 Å². The number of aromatic amines is 1. The van der Waals surface area contributed by atoms with E-state index in [-0.39, 0.29) is 6.09 Å². The summed E-state index contributed by atoms with van der Waals surface area (Å²) in [5.41, 5.74) is 7.93. The highest BCUT2D eigenvalue weighted by molar-refractivity contribution is 6.17. The first-order valence-corrected chi connectivity index (χ1v) is 20.8. The summed E-state index contributed by atoms with van der Waals surface area (Å²) >= 11 is 6.27. The number of pyridine rings is 2. The van der Waals surface area contributed by atoms with Crippen molar-refractivity contribution >= 4 is 45.4 Å². The van der Waals surface area contributed by atoms with Crippen molar-refractivity contribution in [2.24, 2.45) is 0 Å². The molecule has 4 heterocycles. The molecule has 4 aromatic heterocycles. The van der Waals surface area contributed by atoms with Crippen molar-refractivity contribution in [1.82, 2.24) is 34.6 Å². The van der Waals surface area contributed by atoms with E-state index >= 15 is 0 Å². The molecule has 0 atom stereocenters. The van der Waals surface area contributed by atoms with E-state index in [1.807, 2.05) is 64.5 Å². The van der Waals surface area contributed by atoms with Crippen LogP contribution in [0.4, 0.5) is 10.6 Å². The minimum atomic E-state index is -0.863. The average molecular weight is 817 g/mol. The Labute approximate surface area is 355 Å². The largest absolute Gasteiger partial charge is 0.444 e. The minimum Gasteiger partial charge on any atom is -0.444 e. The number of rotatable bonds is 13. The van der Waals surface area contributed by atoms with Crippen LogP contribution >= 0.6 is 11.6 Å². The van der Waals surface area contributed by atoms with E-state index in [0.717, 1.165) is 80.5 Å². The summed E-state index contributed by atoms with van der Waals surface area (Å²) < 4.78 is 7.70. The molecule has 0 radical (unpaired) electrons. The first kappa shape index (κ1) is 40.3. The fraction of sp³-hybridized carbons (Fsp3) is 0.245. The van der Waals surface area contributed by atoms with Crippen LogP contribution in [0.5, 0.6) is 0 Å². The van der Waals surface area contributed by atoms with E-state index in [0.29, 0.717) is 23.9 Å². The van der Waals surface area contributed by atoms with E-state index in [4.69, 9.17) is 31.4 Å². The number of benzene rings is 4. The lowest BCUT2D eigenvalue weighted by Crippen LogP contribution is -2.38. The monoisotopic (exact) mass is 816 g/mol. The summed E-state index contributed by atoms with van der Waals surface area (Å²) in [4.78, 5) is 34.5. The fourth-order valence-electron chi connectivity index (χ4n) is 7.90. The molecule has 8 rings (SSSR count). The number of aromatic nitrogens is 6. The second-order valence-corrected chi connectivity index (χ2v) is 16.4. The Hall–Kier alpha value is -6.52. The number of ether oxygens (including phenoxy) is 1. The maximum absolute atomic E-state index is 12.5. The summed E-state index contributed by atoms with van der Waals surface area (Å²) in [6.07, 6.45) is 6.81. The maximum Gasteiger partial charge on any atom is 0.410 e. The van der Waals surface area contributed by atoms with Crippen LogP contribution in [0.2, 0.25) is 0 Å². The van der Waals surface area contributed by atoms with Crippen molar-refractivity contribution in [3.05, 3.63) is 162 Å². The van der Waals surface area contributed by atoms with Crippen LogP contribution in [0.3, 0.4) is 0 Å². The van der Waals surface area contributed by atoms with Gasteiger partial charge in [-0.1, -0.05) is 97.1 Å². The van der Waals surface area contributed by atoms with Crippen LogP contribution in [0.15, 0.2) is 140 Å². The number of halogens is 1. The van der Waals surface area contributed by atoms with Crippen LogP contribution in [0.1, 0.15) is 55.9 Å². The van der Waals surface area contributed by atoms with Gasteiger partial charge >= 0.3 is 6.09 Å². The van der Waals surface area contributed by atoms with Gasteiger partial charge in [-0.3, -0.25) is 4.98 Å². The molecule has 304 valence electrons. The number of H-pyrrole nitrogens is 1. The van der Waals surface area contributed by atoms with Crippen molar-refractivity contribution in [1.29, 1.82) is 0 Å². The number of fused-ring (bicyclic) bond motifs is 2. The SMILES string of the molecule is CN(CCCCN(C)c1nccc2[nH]c(-c3nn(C(c4ccccc4)(c4ccccc4)c4ccccc4)c4ccc(-c5cncc(CCl)c5)cc34)nc12)C(=O)OC(C)(C)C. The molecule has 0 bridgehead atoms. The molecule has 0 aliphatic rings. The molecule has 0 aliphatic heterocycles. The molecular formula is C49H49ClN8O2. The molecule has 8 aromatic rings. The van der Waals surface area contributed by atoms with Gasteiger partial charge in [0.1, 0.15) is 22.4 Å². The first-order valence-electron chi connectivity index (χ1n) is 20.3. The topological polar surface area (TPSA) is 105 Å². The van der Waals surface area contributed by atoms with Gasteiger partial charge in [0.2, 0.25) is 0 Å². The summed E-state index contributed by atoms with van der Waals surface area (Å²) in [5.74, 6) is 1.76. The number of carbonyl (C=O) groups excluding carboxylic acids is 1. The Balaban J connectivity index is 1.26. The molecule has 1 N–H and O–H groups in total. The number of anilines is 1. The van der Waals surface area contributed by atoms with E-state index < -0.39 is 11.1 Å². The van der Waals surface area contributed by atoms with E-state index in [2.05, 4.69) is 117 Å². The van der Waals surface area contributed by atoms with Gasteiger partial charge < -0.3 is 19.5 Å². The molecule has 1 amide bonds. The third-order valence-corrected chi connectivity index (χ3v) is 11.1. The zero-order chi connectivity index (χ0) is 41.9. The van der Waals surface area contributed by atoms with Crippen molar-refractivity contribution < 1.29 is 9.53 Å². The van der Waals surface area contributed by atoms with Gasteiger partial charge in [-0.05, 0) is 85.7 Å². The summed E-state index contributed by atoms with van der Waals surface area (Å²) in [6.45, 7) is 6.94. The number of nitrogens with one attached hydrogen (secondary N) is 1. The van der Waals surface area contributed by atoms with Crippen molar-refractivity contribution in [3.8, 4) is 22.6 Å². The van der Waals surface area contributed by atoms with Gasteiger partial charge in [0.15, 0.2) is 11.6 Å². The van der Waals surface area contributed by atoms with Crippen molar-refractivity contribution in [3.63, 3.8) is 0 Å². The minimum absolute atomic E-state index is 0.317. The quantitative estimate of drug-likeness (QED) is 0.0702. The lowest BCUT2D eigenvalue weighted by atomic mass is 9.77. The van der Waals surface area contributed by atoms with Gasteiger partial charge in [-0.25, -0.2) is 19.4 Å². The Morgan fingerprint density at radius 2 is 1.42 bits per heavy atom. The lowest BCUT2D eigenvalue weighted by Gasteiger charge is -2.37. The Bertz CT molecular complexity index is 2630. The van der Waals surface area contributed by atoms with E-state index in [1.54, 1.807) is 18.1 Å². The number of hydrogen-bond donors (Lipinski definition) is 1. The van der Waals surface area contributed by atoms with Crippen molar-refractivity contribution in [2.75, 3.05) is 32.1 Å². The second kappa shape index (κ2) is 17.0. The van der Waals surface area contributed by atoms with Gasteiger partial charge in [0, 0.05) is 62.6 Å². The molecule has 0 saturated heterocycles. The highest BCUT2D eigenvalue weighted by Gasteiger charge is 2.41. The van der Waals surface area contributed by atoms with Gasteiger partial charge in [-0.2, -0.15) is 5.10 Å². The zero-order valence-corrected chi connectivity index (χ0v) is 35.4. The normalized spacial score (nSPS) is 11.9. The number of hydrogen-bond acceptors (Lipinski definition) is 7. The standard InChI is InChI=1S/C49H49ClN8O2/c1-48(2,3)60-47(59)57(5)28-16-15-27-56(4)46-44-41(25-26-52-46)53-45(54-44)43-40-30-35(36-29-34(31-50)32-51-33-36)23-24-42(40)58(55-43)49(37-17-9-6-10-18-37,38-19-11-7-12-20-38)39-21-13-8-14-22-39/h6-14,17-26,29-30,32-33H,15-16,27-28,31H2,1-5H3,(H,53,54). The van der Waals surface area contributed by atoms with Crippen LogP contribution in [-0.2, 0) is 16.2 Å². The second-order valence-electron chi connectivity index (χ2n) is 16.2. The van der Waals surface area contributed by atoms with Crippen LogP contribution in [0.25, 0.3) is 44.6 Å². The highest BCUT2D eigenvalue weighted by atomic mass is 35.5. The molecule has 0 fully saturated rings. The molecule has 0 saturated carbocycles. The lowest BCUT2D eigenvalue weighted by molar-refractivity contribution is 0.0296. The number of unbranched alkanes of at least 4 members (excludes halogenated alkanes) is 1. The van der Waals surface area contributed by atoms with E-state index in [1.165, 1.54) is 0 Å². The van der Waals surface area contributed by atoms with E-state index in [9.17, 15) is 4.79 Å². The maximum atomic E-state index is 12.5.